The van der Waals surface area contributed by atoms with Crippen LogP contribution in [0.2, 0.25) is 0 Å². The van der Waals surface area contributed by atoms with Gasteiger partial charge in [0.15, 0.2) is 0 Å². The molecule has 1 aliphatic rings. The van der Waals surface area contributed by atoms with Crippen molar-refractivity contribution in [1.82, 2.24) is 0 Å². The first-order valence-electron chi connectivity index (χ1n) is 8.32. The van der Waals surface area contributed by atoms with Crippen molar-refractivity contribution in [2.75, 3.05) is 13.7 Å². The summed E-state index contributed by atoms with van der Waals surface area (Å²) < 4.78 is 11.4. The summed E-state index contributed by atoms with van der Waals surface area (Å²) in [7, 11) is 1.56. The number of hydrogen-bond donors (Lipinski definition) is 3. The molecule has 5 nitrogen and oxygen atoms in total. The highest BCUT2D eigenvalue weighted by Crippen LogP contribution is 2.44. The lowest BCUT2D eigenvalue weighted by Crippen LogP contribution is -2.09. The summed E-state index contributed by atoms with van der Waals surface area (Å²) in [5.41, 5.74) is 4.01. The van der Waals surface area contributed by atoms with Gasteiger partial charge in [0, 0.05) is 17.7 Å². The topological polar surface area (TPSA) is 79.2 Å². The summed E-state index contributed by atoms with van der Waals surface area (Å²) in [6, 6.07) is 6.00. The fourth-order valence-electron chi connectivity index (χ4n) is 2.99. The lowest BCUT2D eigenvalue weighted by molar-refractivity contribution is 0.350. The van der Waals surface area contributed by atoms with Gasteiger partial charge in [0.1, 0.15) is 35.4 Å². The largest absolute Gasteiger partial charge is 0.508 e. The minimum absolute atomic E-state index is 0.0198. The molecule has 0 atom stereocenters. The Balaban J connectivity index is 2.12. The first kappa shape index (κ1) is 17.7. The summed E-state index contributed by atoms with van der Waals surface area (Å²) in [5.74, 6) is 1.18. The van der Waals surface area contributed by atoms with E-state index in [1.54, 1.807) is 25.3 Å². The zero-order chi connectivity index (χ0) is 18.8. The van der Waals surface area contributed by atoms with Crippen LogP contribution < -0.4 is 9.47 Å². The molecular formula is C21H22O5. The maximum Gasteiger partial charge on any atom is 0.137 e. The molecule has 1 heterocycles. The van der Waals surface area contributed by atoms with Crippen molar-refractivity contribution in [2.45, 2.75) is 20.3 Å². The highest BCUT2D eigenvalue weighted by atomic mass is 16.5. The number of benzene rings is 2. The predicted octanol–water partition coefficient (Wildman–Crippen LogP) is 4.25. The Bertz CT molecular complexity index is 885. The maximum absolute atomic E-state index is 10.4. The van der Waals surface area contributed by atoms with Gasteiger partial charge in [0.05, 0.1) is 12.7 Å². The van der Waals surface area contributed by atoms with Gasteiger partial charge in [-0.3, -0.25) is 0 Å². The molecular weight excluding hydrogens is 332 g/mol. The number of fused-ring (bicyclic) bond motifs is 1. The number of allylic oxidation sites excluding steroid dienone is 2. The van der Waals surface area contributed by atoms with E-state index >= 15 is 0 Å². The van der Waals surface area contributed by atoms with Crippen molar-refractivity contribution in [1.29, 1.82) is 0 Å². The number of methoxy groups -OCH3 is 1. The fraction of sp³-hybridized carbons (Fsp3) is 0.238. The summed E-state index contributed by atoms with van der Waals surface area (Å²) >= 11 is 0. The van der Waals surface area contributed by atoms with Gasteiger partial charge in [-0.25, -0.2) is 0 Å². The van der Waals surface area contributed by atoms with Gasteiger partial charge in [-0.2, -0.15) is 0 Å². The molecule has 0 fully saturated rings. The quantitative estimate of drug-likeness (QED) is 0.715. The van der Waals surface area contributed by atoms with E-state index in [0.29, 0.717) is 29.0 Å². The molecule has 5 heteroatoms. The third kappa shape index (κ3) is 3.47. The average Bonchev–Trinajstić information content (AvgIpc) is 2.58. The Morgan fingerprint density at radius 3 is 2.42 bits per heavy atom. The van der Waals surface area contributed by atoms with Crippen molar-refractivity contribution >= 4 is 11.6 Å². The Morgan fingerprint density at radius 2 is 1.81 bits per heavy atom. The number of hydrogen-bond acceptors (Lipinski definition) is 5. The van der Waals surface area contributed by atoms with E-state index in [9.17, 15) is 15.3 Å². The van der Waals surface area contributed by atoms with Gasteiger partial charge in [0.2, 0.25) is 0 Å². The molecule has 0 bridgehead atoms. The second-order valence-corrected chi connectivity index (χ2v) is 6.50. The molecule has 136 valence electrons. The van der Waals surface area contributed by atoms with Crippen LogP contribution in [0.1, 0.15) is 30.5 Å². The SMILES string of the molecule is COc1c2c(cc(O)c1CC=C(C)C)OCC(c1cc(O)cc(O)c1)=C2. The second kappa shape index (κ2) is 7.04. The van der Waals surface area contributed by atoms with Crippen molar-refractivity contribution in [3.63, 3.8) is 0 Å². The van der Waals surface area contributed by atoms with Crippen molar-refractivity contribution < 1.29 is 24.8 Å². The number of ether oxygens (including phenoxy) is 2. The third-order valence-corrected chi connectivity index (χ3v) is 4.25. The Morgan fingerprint density at radius 1 is 1.12 bits per heavy atom. The first-order chi connectivity index (χ1) is 12.4. The zero-order valence-corrected chi connectivity index (χ0v) is 15.0. The van der Waals surface area contributed by atoms with Gasteiger partial charge in [-0.1, -0.05) is 11.6 Å². The maximum atomic E-state index is 10.4. The molecule has 0 radical (unpaired) electrons. The van der Waals surface area contributed by atoms with E-state index in [4.69, 9.17) is 9.47 Å². The van der Waals surface area contributed by atoms with Gasteiger partial charge in [0.25, 0.3) is 0 Å². The number of aromatic hydroxyl groups is 3. The van der Waals surface area contributed by atoms with Gasteiger partial charge in [-0.05, 0) is 49.6 Å². The van der Waals surface area contributed by atoms with E-state index in [-0.39, 0.29) is 23.9 Å². The van der Waals surface area contributed by atoms with Crippen LogP contribution in [0.3, 0.4) is 0 Å². The van der Waals surface area contributed by atoms with Crippen LogP contribution in [-0.4, -0.2) is 29.0 Å². The molecule has 2 aromatic rings. The van der Waals surface area contributed by atoms with Crippen molar-refractivity contribution in [3.05, 3.63) is 52.6 Å². The molecule has 3 N–H and O–H groups in total. The summed E-state index contributed by atoms with van der Waals surface area (Å²) in [6.07, 6.45) is 4.46. The monoisotopic (exact) mass is 354 g/mol. The molecule has 0 saturated carbocycles. The Labute approximate surface area is 152 Å². The lowest BCUT2D eigenvalue weighted by atomic mass is 9.96. The van der Waals surface area contributed by atoms with E-state index in [1.165, 1.54) is 6.07 Å². The normalized spacial score (nSPS) is 12.7. The molecule has 2 aromatic carbocycles. The molecule has 0 aliphatic carbocycles. The lowest BCUT2D eigenvalue weighted by Gasteiger charge is -2.22. The molecule has 0 unspecified atom stereocenters. The van der Waals surface area contributed by atoms with Gasteiger partial charge >= 0.3 is 0 Å². The van der Waals surface area contributed by atoms with Crippen LogP contribution in [0, 0.1) is 0 Å². The molecule has 0 spiro atoms. The molecule has 0 aromatic heterocycles. The minimum atomic E-state index is -0.0198. The zero-order valence-electron chi connectivity index (χ0n) is 15.0. The predicted molar refractivity (Wildman–Crippen MR) is 101 cm³/mol. The number of phenols is 3. The minimum Gasteiger partial charge on any atom is -0.508 e. The van der Waals surface area contributed by atoms with Crippen LogP contribution >= 0.6 is 0 Å². The highest BCUT2D eigenvalue weighted by Gasteiger charge is 2.22. The molecule has 0 amide bonds. The number of phenolic OH excluding ortho intramolecular Hbond substituents is 3. The Hall–Kier alpha value is -3.08. The smallest absolute Gasteiger partial charge is 0.137 e. The molecule has 1 aliphatic heterocycles. The van der Waals surface area contributed by atoms with Crippen LogP contribution in [0.15, 0.2) is 35.9 Å². The van der Waals surface area contributed by atoms with E-state index in [2.05, 4.69) is 0 Å². The van der Waals surface area contributed by atoms with E-state index in [0.717, 1.165) is 16.7 Å². The molecule has 26 heavy (non-hydrogen) atoms. The average molecular weight is 354 g/mol. The number of rotatable bonds is 4. The Kier molecular flexibility index (Phi) is 4.80. The van der Waals surface area contributed by atoms with Crippen LogP contribution in [0.4, 0.5) is 0 Å². The van der Waals surface area contributed by atoms with Crippen LogP contribution in [0.25, 0.3) is 11.6 Å². The fourth-order valence-corrected chi connectivity index (χ4v) is 2.99. The van der Waals surface area contributed by atoms with Crippen molar-refractivity contribution in [3.8, 4) is 28.7 Å². The van der Waals surface area contributed by atoms with E-state index in [1.807, 2.05) is 26.0 Å². The first-order valence-corrected chi connectivity index (χ1v) is 8.32. The third-order valence-electron chi connectivity index (χ3n) is 4.25. The summed E-state index contributed by atoms with van der Waals surface area (Å²) in [6.45, 7) is 4.25. The summed E-state index contributed by atoms with van der Waals surface area (Å²) in [4.78, 5) is 0. The standard InChI is InChI=1S/C21H22O5/c1-12(2)4-5-17-19(24)10-20-18(21(17)25-3)8-14(11-26-20)13-6-15(22)9-16(23)7-13/h4,6-10,22-24H,5,11H2,1-3H3. The van der Waals surface area contributed by atoms with Crippen LogP contribution in [0.5, 0.6) is 28.7 Å². The van der Waals surface area contributed by atoms with Gasteiger partial charge < -0.3 is 24.8 Å². The summed E-state index contributed by atoms with van der Waals surface area (Å²) in [5, 5.41) is 29.8. The molecule has 0 saturated heterocycles. The van der Waals surface area contributed by atoms with Crippen molar-refractivity contribution in [2.24, 2.45) is 0 Å². The highest BCUT2D eigenvalue weighted by molar-refractivity contribution is 5.89. The van der Waals surface area contributed by atoms with Gasteiger partial charge in [-0.15, -0.1) is 0 Å². The van der Waals surface area contributed by atoms with E-state index < -0.39 is 0 Å². The van der Waals surface area contributed by atoms with Crippen LogP contribution in [-0.2, 0) is 6.42 Å². The molecule has 3 rings (SSSR count). The second-order valence-electron chi connectivity index (χ2n) is 6.50.